The second-order valence-corrected chi connectivity index (χ2v) is 5.12. The van der Waals surface area contributed by atoms with E-state index in [1.807, 2.05) is 4.90 Å². The van der Waals surface area contributed by atoms with Gasteiger partial charge in [0, 0.05) is 37.3 Å². The molecule has 0 aliphatic carbocycles. The molecule has 114 valence electrons. The number of carbonyl (C=O) groups is 1. The Morgan fingerprint density at radius 1 is 1.33 bits per heavy atom. The molecule has 1 amide bonds. The predicted octanol–water partition coefficient (Wildman–Crippen LogP) is 1.67. The molecule has 4 nitrogen and oxygen atoms in total. The molecular formula is C13H14F3N3OS. The lowest BCUT2D eigenvalue weighted by Gasteiger charge is -2.23. The number of nitrogens with two attached hydrogens (primary N) is 1. The summed E-state index contributed by atoms with van der Waals surface area (Å²) < 4.78 is 38.7. The molecule has 0 bridgehead atoms. The van der Waals surface area contributed by atoms with Gasteiger partial charge < -0.3 is 16.0 Å². The number of halogens is 3. The summed E-state index contributed by atoms with van der Waals surface area (Å²) >= 11 is 4.72. The molecule has 3 N–H and O–H groups in total. The zero-order valence-electron chi connectivity index (χ0n) is 11.0. The van der Waals surface area contributed by atoms with E-state index in [9.17, 15) is 18.0 Å². The normalized spacial score (nSPS) is 16.3. The fourth-order valence-corrected chi connectivity index (χ4v) is 2.37. The summed E-state index contributed by atoms with van der Waals surface area (Å²) in [6, 6.07) is 3.69. The molecule has 1 fully saturated rings. The predicted molar refractivity (Wildman–Crippen MR) is 77.2 cm³/mol. The lowest BCUT2D eigenvalue weighted by molar-refractivity contribution is -0.137. The largest absolute Gasteiger partial charge is 0.417 e. The molecule has 1 aliphatic heterocycles. The number of rotatable bonds is 2. The number of thiocarbonyl (C=S) groups is 1. The number of amides is 1. The lowest BCUT2D eigenvalue weighted by atomic mass is 10.1. The Hall–Kier alpha value is -1.83. The minimum absolute atomic E-state index is 0.0704. The maximum absolute atomic E-state index is 12.9. The van der Waals surface area contributed by atoms with Crippen LogP contribution in [0, 0.1) is 0 Å². The van der Waals surface area contributed by atoms with Crippen molar-refractivity contribution in [3.8, 4) is 0 Å². The average Bonchev–Trinajstić information content (AvgIpc) is 2.62. The topological polar surface area (TPSA) is 58.4 Å². The number of anilines is 1. The van der Waals surface area contributed by atoms with E-state index >= 15 is 0 Å². The molecule has 0 aromatic heterocycles. The summed E-state index contributed by atoms with van der Waals surface area (Å²) in [6.07, 6.45) is -4.21. The molecule has 0 saturated carbocycles. The quantitative estimate of drug-likeness (QED) is 0.815. The third-order valence-electron chi connectivity index (χ3n) is 3.25. The van der Waals surface area contributed by atoms with Gasteiger partial charge >= 0.3 is 6.18 Å². The number of benzene rings is 1. The first-order valence-electron chi connectivity index (χ1n) is 6.32. The van der Waals surface area contributed by atoms with Crippen molar-refractivity contribution in [2.75, 3.05) is 24.5 Å². The van der Waals surface area contributed by atoms with Crippen LogP contribution in [-0.4, -0.2) is 30.5 Å². The fourth-order valence-electron chi connectivity index (χ4n) is 2.21. The minimum atomic E-state index is -4.51. The van der Waals surface area contributed by atoms with Gasteiger partial charge in [0.25, 0.3) is 0 Å². The van der Waals surface area contributed by atoms with Gasteiger partial charge in [-0.15, -0.1) is 0 Å². The summed E-state index contributed by atoms with van der Waals surface area (Å²) in [5.41, 5.74) is 4.94. The van der Waals surface area contributed by atoms with Crippen LogP contribution in [0.1, 0.15) is 17.5 Å². The highest BCUT2D eigenvalue weighted by atomic mass is 32.1. The van der Waals surface area contributed by atoms with Crippen LogP contribution in [0.5, 0.6) is 0 Å². The highest BCUT2D eigenvalue weighted by Gasteiger charge is 2.34. The molecule has 8 heteroatoms. The molecule has 1 saturated heterocycles. The van der Waals surface area contributed by atoms with Crippen LogP contribution in [0.2, 0.25) is 0 Å². The minimum Gasteiger partial charge on any atom is -0.389 e. The van der Waals surface area contributed by atoms with Crippen molar-refractivity contribution in [1.82, 2.24) is 5.32 Å². The molecule has 1 aromatic rings. The number of carbonyl (C=O) groups excluding carboxylic acids is 1. The van der Waals surface area contributed by atoms with E-state index in [0.717, 1.165) is 6.07 Å². The van der Waals surface area contributed by atoms with Gasteiger partial charge in [0.2, 0.25) is 5.91 Å². The molecule has 1 aliphatic rings. The smallest absolute Gasteiger partial charge is 0.389 e. The summed E-state index contributed by atoms with van der Waals surface area (Å²) in [6.45, 7) is 1.41. The zero-order chi connectivity index (χ0) is 15.6. The van der Waals surface area contributed by atoms with E-state index in [4.69, 9.17) is 18.0 Å². The molecule has 1 heterocycles. The lowest BCUT2D eigenvalue weighted by Crippen LogP contribution is -2.29. The molecule has 2 rings (SSSR count). The number of nitrogens with zero attached hydrogens (tertiary/aromatic N) is 1. The van der Waals surface area contributed by atoms with Crippen LogP contribution in [0.4, 0.5) is 18.9 Å². The van der Waals surface area contributed by atoms with Crippen LogP contribution < -0.4 is 16.0 Å². The molecule has 1 aromatic carbocycles. The first kappa shape index (κ1) is 15.6. The monoisotopic (exact) mass is 317 g/mol. The zero-order valence-corrected chi connectivity index (χ0v) is 11.9. The van der Waals surface area contributed by atoms with Crippen molar-refractivity contribution < 1.29 is 18.0 Å². The Balaban J connectivity index is 2.36. The highest BCUT2D eigenvalue weighted by molar-refractivity contribution is 7.80. The summed E-state index contributed by atoms with van der Waals surface area (Å²) in [4.78, 5) is 12.8. The van der Waals surface area contributed by atoms with Gasteiger partial charge in [-0.3, -0.25) is 4.79 Å². The van der Waals surface area contributed by atoms with Gasteiger partial charge in [-0.1, -0.05) is 12.2 Å². The Morgan fingerprint density at radius 2 is 2.05 bits per heavy atom. The first-order valence-corrected chi connectivity index (χ1v) is 6.72. The number of hydrogen-bond acceptors (Lipinski definition) is 3. The Morgan fingerprint density at radius 3 is 2.67 bits per heavy atom. The van der Waals surface area contributed by atoms with Gasteiger partial charge in [0.1, 0.15) is 4.99 Å². The SMILES string of the molecule is NC(=S)c1cc(N2CCNC(=O)CC2)ccc1C(F)(F)F. The van der Waals surface area contributed by atoms with Gasteiger partial charge in [-0.2, -0.15) is 13.2 Å². The summed E-state index contributed by atoms with van der Waals surface area (Å²) in [7, 11) is 0. The molecule has 0 atom stereocenters. The first-order chi connectivity index (χ1) is 9.79. The average molecular weight is 317 g/mol. The second-order valence-electron chi connectivity index (χ2n) is 4.68. The maximum atomic E-state index is 12.9. The Kier molecular flexibility index (Phi) is 4.36. The molecule has 0 spiro atoms. The van der Waals surface area contributed by atoms with Crippen molar-refractivity contribution >= 4 is 28.8 Å². The van der Waals surface area contributed by atoms with Crippen molar-refractivity contribution in [3.63, 3.8) is 0 Å². The van der Waals surface area contributed by atoms with E-state index in [2.05, 4.69) is 5.32 Å². The molecule has 21 heavy (non-hydrogen) atoms. The Labute approximate surface area is 125 Å². The van der Waals surface area contributed by atoms with Gasteiger partial charge in [-0.25, -0.2) is 0 Å². The van der Waals surface area contributed by atoms with E-state index in [1.54, 1.807) is 0 Å². The van der Waals surface area contributed by atoms with E-state index in [1.165, 1.54) is 12.1 Å². The third kappa shape index (κ3) is 3.63. The van der Waals surface area contributed by atoms with Crippen LogP contribution in [0.3, 0.4) is 0 Å². The highest BCUT2D eigenvalue weighted by Crippen LogP contribution is 2.34. The summed E-state index contributed by atoms with van der Waals surface area (Å²) in [5.74, 6) is -0.0704. The maximum Gasteiger partial charge on any atom is 0.417 e. The van der Waals surface area contributed by atoms with Crippen molar-refractivity contribution in [1.29, 1.82) is 0 Å². The van der Waals surface area contributed by atoms with Crippen LogP contribution in [0.15, 0.2) is 18.2 Å². The summed E-state index contributed by atoms with van der Waals surface area (Å²) in [5, 5.41) is 2.71. The third-order valence-corrected chi connectivity index (χ3v) is 3.47. The van der Waals surface area contributed by atoms with Gasteiger partial charge in [0.15, 0.2) is 0 Å². The number of alkyl halides is 3. The van der Waals surface area contributed by atoms with E-state index < -0.39 is 11.7 Å². The molecular weight excluding hydrogens is 303 g/mol. The van der Waals surface area contributed by atoms with E-state index in [0.29, 0.717) is 31.7 Å². The molecule has 0 radical (unpaired) electrons. The van der Waals surface area contributed by atoms with Crippen molar-refractivity contribution in [2.24, 2.45) is 5.73 Å². The fraction of sp³-hybridized carbons (Fsp3) is 0.385. The second kappa shape index (κ2) is 5.88. The Bertz CT molecular complexity index is 574. The van der Waals surface area contributed by atoms with E-state index in [-0.39, 0.29) is 16.5 Å². The van der Waals surface area contributed by atoms with Gasteiger partial charge in [-0.05, 0) is 18.2 Å². The van der Waals surface area contributed by atoms with Crippen LogP contribution in [0.25, 0.3) is 0 Å². The van der Waals surface area contributed by atoms with Crippen molar-refractivity contribution in [3.05, 3.63) is 29.3 Å². The number of hydrogen-bond donors (Lipinski definition) is 2. The van der Waals surface area contributed by atoms with Crippen LogP contribution in [-0.2, 0) is 11.0 Å². The standard InChI is InChI=1S/C13H14F3N3OS/c14-13(15,16)10-2-1-8(7-9(10)12(17)21)19-5-3-11(20)18-4-6-19/h1-2,7H,3-6H2,(H2,17,21)(H,18,20). The molecule has 0 unspecified atom stereocenters. The van der Waals surface area contributed by atoms with Crippen molar-refractivity contribution in [2.45, 2.75) is 12.6 Å². The number of nitrogens with one attached hydrogen (secondary N) is 1. The van der Waals surface area contributed by atoms with Crippen LogP contribution >= 0.6 is 12.2 Å². The van der Waals surface area contributed by atoms with Gasteiger partial charge in [0.05, 0.1) is 5.56 Å².